The maximum Gasteiger partial charge on any atom is 0.242 e. The average Bonchev–Trinajstić information content (AvgIpc) is 3.17. The van der Waals surface area contributed by atoms with Crippen molar-refractivity contribution in [2.45, 2.75) is 30.4 Å². The van der Waals surface area contributed by atoms with Crippen molar-refractivity contribution in [3.8, 4) is 11.4 Å². The van der Waals surface area contributed by atoms with E-state index >= 15 is 0 Å². The van der Waals surface area contributed by atoms with Gasteiger partial charge in [0.05, 0.1) is 10.6 Å². The zero-order chi connectivity index (χ0) is 22.6. The number of benzene rings is 2. The van der Waals surface area contributed by atoms with Crippen LogP contribution in [0.3, 0.4) is 0 Å². The van der Waals surface area contributed by atoms with Gasteiger partial charge >= 0.3 is 0 Å². The van der Waals surface area contributed by atoms with E-state index in [0.29, 0.717) is 17.4 Å². The summed E-state index contributed by atoms with van der Waals surface area (Å²) in [6, 6.07) is 14.5. The molecule has 0 saturated heterocycles. The van der Waals surface area contributed by atoms with Crippen LogP contribution in [0.1, 0.15) is 12.5 Å². The molecule has 1 amide bonds. The summed E-state index contributed by atoms with van der Waals surface area (Å²) in [6.45, 7) is 4.49. The van der Waals surface area contributed by atoms with Crippen LogP contribution in [0.4, 0.5) is 5.69 Å². The summed E-state index contributed by atoms with van der Waals surface area (Å²) in [6.07, 6.45) is 0. The topological polar surface area (TPSA) is 97.2 Å². The molecule has 0 aliphatic carbocycles. The molecular formula is C21H25N5O3S2. The van der Waals surface area contributed by atoms with E-state index in [4.69, 9.17) is 0 Å². The molecule has 3 aromatic rings. The quantitative estimate of drug-likeness (QED) is 0.520. The lowest BCUT2D eigenvalue weighted by Crippen LogP contribution is -2.22. The number of sulfonamides is 1. The van der Waals surface area contributed by atoms with Crippen molar-refractivity contribution < 1.29 is 13.2 Å². The Kier molecular flexibility index (Phi) is 7.14. The van der Waals surface area contributed by atoms with E-state index in [-0.39, 0.29) is 16.6 Å². The van der Waals surface area contributed by atoms with Gasteiger partial charge in [0.15, 0.2) is 11.0 Å². The molecule has 31 heavy (non-hydrogen) atoms. The van der Waals surface area contributed by atoms with Crippen LogP contribution in [-0.2, 0) is 21.4 Å². The zero-order valence-corrected chi connectivity index (χ0v) is 19.5. The zero-order valence-electron chi connectivity index (χ0n) is 17.9. The molecule has 2 aromatic carbocycles. The average molecular weight is 460 g/mol. The Morgan fingerprint density at radius 1 is 1.13 bits per heavy atom. The molecule has 0 saturated carbocycles. The number of nitrogens with one attached hydrogen (secondary N) is 1. The van der Waals surface area contributed by atoms with E-state index in [2.05, 4.69) is 15.5 Å². The first-order valence-electron chi connectivity index (χ1n) is 9.68. The van der Waals surface area contributed by atoms with E-state index in [1.165, 1.54) is 38.0 Å². The minimum atomic E-state index is -3.58. The van der Waals surface area contributed by atoms with Crippen molar-refractivity contribution in [2.75, 3.05) is 25.2 Å². The number of nitrogens with zero attached hydrogens (tertiary/aromatic N) is 4. The second-order valence-corrected chi connectivity index (χ2v) is 10.1. The van der Waals surface area contributed by atoms with Crippen LogP contribution in [-0.4, -0.2) is 53.2 Å². The summed E-state index contributed by atoms with van der Waals surface area (Å²) < 4.78 is 27.8. The van der Waals surface area contributed by atoms with Crippen molar-refractivity contribution >= 4 is 33.4 Å². The van der Waals surface area contributed by atoms with Gasteiger partial charge in [-0.1, -0.05) is 48.2 Å². The first kappa shape index (κ1) is 23.0. The number of amides is 1. The smallest absolute Gasteiger partial charge is 0.242 e. The Morgan fingerprint density at radius 3 is 2.48 bits per heavy atom. The third-order valence-electron chi connectivity index (χ3n) is 4.66. The number of hydrogen-bond donors (Lipinski definition) is 1. The summed E-state index contributed by atoms with van der Waals surface area (Å²) in [7, 11) is -0.645. The highest BCUT2D eigenvalue weighted by molar-refractivity contribution is 7.99. The minimum Gasteiger partial charge on any atom is -0.325 e. The van der Waals surface area contributed by atoms with Gasteiger partial charge in [0.25, 0.3) is 0 Å². The molecule has 1 heterocycles. The summed E-state index contributed by atoms with van der Waals surface area (Å²) in [4.78, 5) is 12.7. The van der Waals surface area contributed by atoms with E-state index in [0.717, 1.165) is 21.3 Å². The van der Waals surface area contributed by atoms with Crippen molar-refractivity contribution in [3.05, 3.63) is 54.1 Å². The first-order chi connectivity index (χ1) is 14.7. The van der Waals surface area contributed by atoms with E-state index < -0.39 is 10.0 Å². The number of anilines is 1. The van der Waals surface area contributed by atoms with E-state index in [9.17, 15) is 13.2 Å². The largest absolute Gasteiger partial charge is 0.325 e. The highest BCUT2D eigenvalue weighted by atomic mass is 32.2. The number of hydrogen-bond acceptors (Lipinski definition) is 6. The van der Waals surface area contributed by atoms with Crippen LogP contribution in [0.25, 0.3) is 11.4 Å². The van der Waals surface area contributed by atoms with Crippen LogP contribution in [0.5, 0.6) is 0 Å². The Morgan fingerprint density at radius 2 is 1.84 bits per heavy atom. The monoisotopic (exact) mass is 459 g/mol. The Hall–Kier alpha value is -2.69. The fourth-order valence-corrected chi connectivity index (χ4v) is 4.64. The van der Waals surface area contributed by atoms with Gasteiger partial charge < -0.3 is 9.88 Å². The summed E-state index contributed by atoms with van der Waals surface area (Å²) >= 11 is 1.29. The summed E-state index contributed by atoms with van der Waals surface area (Å²) in [5.74, 6) is 0.625. The van der Waals surface area contributed by atoms with E-state index in [1.54, 1.807) is 6.07 Å². The van der Waals surface area contributed by atoms with Crippen molar-refractivity contribution in [1.29, 1.82) is 0 Å². The molecule has 0 spiro atoms. The number of aromatic nitrogens is 3. The maximum atomic E-state index is 12.6. The third-order valence-corrected chi connectivity index (χ3v) is 7.44. The van der Waals surface area contributed by atoms with Gasteiger partial charge in [0.2, 0.25) is 15.9 Å². The van der Waals surface area contributed by atoms with Crippen molar-refractivity contribution in [3.63, 3.8) is 0 Å². The number of carbonyl (C=O) groups is 1. The lowest BCUT2D eigenvalue weighted by molar-refractivity contribution is -0.113. The molecule has 0 unspecified atom stereocenters. The number of thioether (sulfide) groups is 1. The molecule has 0 fully saturated rings. The minimum absolute atomic E-state index is 0.122. The van der Waals surface area contributed by atoms with E-state index in [1.807, 2.05) is 48.7 Å². The molecule has 0 bridgehead atoms. The second-order valence-electron chi connectivity index (χ2n) is 7.02. The molecule has 1 N–H and O–H groups in total. The van der Waals surface area contributed by atoms with Gasteiger partial charge in [-0.25, -0.2) is 12.7 Å². The number of aryl methyl sites for hydroxylation is 1. The summed E-state index contributed by atoms with van der Waals surface area (Å²) in [5, 5.41) is 12.0. The molecular weight excluding hydrogens is 434 g/mol. The lowest BCUT2D eigenvalue weighted by atomic mass is 10.2. The highest BCUT2D eigenvalue weighted by Crippen LogP contribution is 2.25. The predicted octanol–water partition coefficient (Wildman–Crippen LogP) is 3.25. The van der Waals surface area contributed by atoms with Crippen LogP contribution in [0.15, 0.2) is 58.6 Å². The van der Waals surface area contributed by atoms with Crippen LogP contribution < -0.4 is 5.32 Å². The van der Waals surface area contributed by atoms with Gasteiger partial charge in [0, 0.05) is 31.9 Å². The Labute approximate surface area is 186 Å². The lowest BCUT2D eigenvalue weighted by Gasteiger charge is -2.14. The predicted molar refractivity (Wildman–Crippen MR) is 123 cm³/mol. The third kappa shape index (κ3) is 5.15. The number of carbonyl (C=O) groups excluding carboxylic acids is 1. The first-order valence-corrected chi connectivity index (χ1v) is 12.1. The van der Waals surface area contributed by atoms with Crippen LogP contribution >= 0.6 is 11.8 Å². The second kappa shape index (κ2) is 9.63. The Balaban J connectivity index is 1.72. The van der Waals surface area contributed by atoms with Gasteiger partial charge in [-0.15, -0.1) is 10.2 Å². The maximum absolute atomic E-state index is 12.6. The Bertz CT molecular complexity index is 1170. The fourth-order valence-electron chi connectivity index (χ4n) is 2.90. The molecule has 0 aliphatic heterocycles. The molecule has 10 heteroatoms. The van der Waals surface area contributed by atoms with Crippen LogP contribution in [0.2, 0.25) is 0 Å². The molecule has 164 valence electrons. The fraction of sp³-hybridized carbons (Fsp3) is 0.286. The van der Waals surface area contributed by atoms with Gasteiger partial charge in [-0.2, -0.15) is 0 Å². The van der Waals surface area contributed by atoms with Gasteiger partial charge in [-0.05, 0) is 31.5 Å². The SMILES string of the molecule is CCn1c(SCC(=O)Nc2cc(S(=O)(=O)N(C)C)ccc2C)nnc1-c1ccccc1. The molecule has 0 radical (unpaired) electrons. The van der Waals surface area contributed by atoms with Crippen molar-refractivity contribution in [1.82, 2.24) is 19.1 Å². The molecule has 8 nitrogen and oxygen atoms in total. The van der Waals surface area contributed by atoms with Gasteiger partial charge in [-0.3, -0.25) is 4.79 Å². The van der Waals surface area contributed by atoms with Gasteiger partial charge in [0.1, 0.15) is 0 Å². The molecule has 0 aliphatic rings. The normalized spacial score (nSPS) is 11.6. The molecule has 3 rings (SSSR count). The standard InChI is InChI=1S/C21H25N5O3S2/c1-5-26-20(16-9-7-6-8-10-16)23-24-21(26)30-14-19(27)22-18-13-17(12-11-15(18)2)31(28,29)25(3)4/h6-13H,5,14H2,1-4H3,(H,22,27). The molecule has 1 aromatic heterocycles. The van der Waals surface area contributed by atoms with Crippen molar-refractivity contribution in [2.24, 2.45) is 0 Å². The summed E-state index contributed by atoms with van der Waals surface area (Å²) in [5.41, 5.74) is 2.21. The molecule has 0 atom stereocenters. The highest BCUT2D eigenvalue weighted by Gasteiger charge is 2.19. The van der Waals surface area contributed by atoms with Crippen LogP contribution in [0, 0.1) is 6.92 Å². The number of rotatable bonds is 8.